The molecule has 0 saturated carbocycles. The van der Waals surface area contributed by atoms with E-state index < -0.39 is 17.7 Å². The van der Waals surface area contributed by atoms with E-state index in [0.29, 0.717) is 34.7 Å². The smallest absolute Gasteiger partial charge is 0.416 e. The molecular formula is C23H21BrF3NO3. The van der Waals surface area contributed by atoms with Gasteiger partial charge < -0.3 is 9.47 Å². The number of ether oxygens (including phenoxy) is 2. The summed E-state index contributed by atoms with van der Waals surface area (Å²) < 4.78 is 50.5. The van der Waals surface area contributed by atoms with Gasteiger partial charge in [-0.2, -0.15) is 13.2 Å². The number of carbonyl (C=O) groups excluding carboxylic acids is 1. The highest BCUT2D eigenvalue weighted by Gasteiger charge is 2.31. The maximum absolute atomic E-state index is 13.3. The van der Waals surface area contributed by atoms with Crippen LogP contribution in [0.2, 0.25) is 0 Å². The number of methoxy groups -OCH3 is 1. The van der Waals surface area contributed by atoms with Crippen LogP contribution in [-0.2, 0) is 16.2 Å². The number of hydrogen-bond acceptors (Lipinski definition) is 4. The Morgan fingerprint density at radius 1 is 1.16 bits per heavy atom. The van der Waals surface area contributed by atoms with Crippen LogP contribution >= 0.6 is 15.9 Å². The number of halogens is 4. The van der Waals surface area contributed by atoms with Gasteiger partial charge in [-0.3, -0.25) is 0 Å². The number of hydrogen-bond donors (Lipinski definition) is 0. The molecule has 0 spiro atoms. The molecular weight excluding hydrogens is 475 g/mol. The molecule has 4 nitrogen and oxygen atoms in total. The Morgan fingerprint density at radius 3 is 2.52 bits per heavy atom. The second-order valence-electron chi connectivity index (χ2n) is 7.40. The minimum absolute atomic E-state index is 0.206. The molecule has 0 atom stereocenters. The summed E-state index contributed by atoms with van der Waals surface area (Å²) in [5, 5.41) is 0.742. The van der Waals surface area contributed by atoms with Crippen LogP contribution in [-0.4, -0.2) is 24.7 Å². The van der Waals surface area contributed by atoms with E-state index in [0.717, 1.165) is 12.1 Å². The molecule has 164 valence electrons. The zero-order valence-electron chi connectivity index (χ0n) is 17.2. The third-order valence-electron chi connectivity index (χ3n) is 4.63. The quantitative estimate of drug-likeness (QED) is 0.284. The van der Waals surface area contributed by atoms with Crippen LogP contribution in [0.1, 0.15) is 35.3 Å². The van der Waals surface area contributed by atoms with E-state index in [1.807, 2.05) is 13.8 Å². The predicted molar refractivity (Wildman–Crippen MR) is 116 cm³/mol. The van der Waals surface area contributed by atoms with Gasteiger partial charge in [-0.25, -0.2) is 9.78 Å². The molecule has 2 aromatic carbocycles. The fourth-order valence-electron chi connectivity index (χ4n) is 3.18. The van der Waals surface area contributed by atoms with Gasteiger partial charge >= 0.3 is 12.1 Å². The Kier molecular flexibility index (Phi) is 6.89. The summed E-state index contributed by atoms with van der Waals surface area (Å²) in [6.45, 7) is 4.53. The van der Waals surface area contributed by atoms with Gasteiger partial charge in [0.2, 0.25) is 0 Å². The Hall–Kier alpha value is -2.61. The number of pyridine rings is 1. The largest absolute Gasteiger partial charge is 0.493 e. The third kappa shape index (κ3) is 5.01. The maximum atomic E-state index is 13.3. The normalized spacial score (nSPS) is 11.7. The molecule has 0 amide bonds. The standard InChI is InChI=1S/C23H21BrF3NO3/c1-13(2)12-31-16-7-8-17-19(10-16)28-21(18(11-24)20(17)22(29)30-3)14-5-4-6-15(9-14)23(25,26)27/h4-10,13H,11-12H2,1-3H3. The highest BCUT2D eigenvalue weighted by atomic mass is 79.9. The number of nitrogens with zero attached hydrogens (tertiary/aromatic N) is 1. The Bertz CT molecular complexity index is 1110. The highest BCUT2D eigenvalue weighted by Crippen LogP contribution is 2.36. The average Bonchev–Trinajstić information content (AvgIpc) is 2.75. The van der Waals surface area contributed by atoms with Crippen molar-refractivity contribution in [3.05, 3.63) is 59.2 Å². The number of alkyl halides is 4. The van der Waals surface area contributed by atoms with E-state index in [2.05, 4.69) is 20.9 Å². The lowest BCUT2D eigenvalue weighted by Crippen LogP contribution is -2.10. The van der Waals surface area contributed by atoms with Crippen molar-refractivity contribution in [2.24, 2.45) is 5.92 Å². The van der Waals surface area contributed by atoms with Crippen molar-refractivity contribution < 1.29 is 27.4 Å². The van der Waals surface area contributed by atoms with Gasteiger partial charge in [-0.1, -0.05) is 41.9 Å². The van der Waals surface area contributed by atoms with E-state index in [1.165, 1.54) is 19.2 Å². The predicted octanol–water partition coefficient (Wildman–Crippen LogP) is 6.64. The molecule has 8 heteroatoms. The van der Waals surface area contributed by atoms with Crippen LogP contribution in [0.5, 0.6) is 5.75 Å². The number of rotatable bonds is 6. The molecule has 1 heterocycles. The molecule has 0 N–H and O–H groups in total. The molecule has 0 bridgehead atoms. The van der Waals surface area contributed by atoms with Gasteiger partial charge in [0.15, 0.2) is 0 Å². The van der Waals surface area contributed by atoms with E-state index in [9.17, 15) is 18.0 Å². The van der Waals surface area contributed by atoms with Crippen molar-refractivity contribution in [1.29, 1.82) is 0 Å². The van der Waals surface area contributed by atoms with Gasteiger partial charge in [0.1, 0.15) is 5.75 Å². The van der Waals surface area contributed by atoms with Crippen LogP contribution in [0.25, 0.3) is 22.2 Å². The lowest BCUT2D eigenvalue weighted by molar-refractivity contribution is -0.137. The number of carbonyl (C=O) groups is 1. The van der Waals surface area contributed by atoms with Crippen molar-refractivity contribution in [3.8, 4) is 17.0 Å². The van der Waals surface area contributed by atoms with Gasteiger partial charge in [-0.15, -0.1) is 0 Å². The summed E-state index contributed by atoms with van der Waals surface area (Å²) in [7, 11) is 1.26. The van der Waals surface area contributed by atoms with Crippen molar-refractivity contribution >= 4 is 32.8 Å². The van der Waals surface area contributed by atoms with E-state index in [1.54, 1.807) is 18.2 Å². The molecule has 0 radical (unpaired) electrons. The molecule has 0 aliphatic rings. The molecule has 0 saturated heterocycles. The lowest BCUT2D eigenvalue weighted by atomic mass is 9.96. The zero-order chi connectivity index (χ0) is 22.8. The van der Waals surface area contributed by atoms with Crippen molar-refractivity contribution in [2.75, 3.05) is 13.7 Å². The van der Waals surface area contributed by atoms with Crippen LogP contribution in [0.15, 0.2) is 42.5 Å². The average molecular weight is 496 g/mol. The first-order valence-electron chi connectivity index (χ1n) is 9.57. The van der Waals surface area contributed by atoms with Crippen molar-refractivity contribution in [2.45, 2.75) is 25.4 Å². The lowest BCUT2D eigenvalue weighted by Gasteiger charge is -2.17. The molecule has 1 aromatic heterocycles. The molecule has 3 aromatic rings. The fourth-order valence-corrected chi connectivity index (χ4v) is 3.73. The van der Waals surface area contributed by atoms with Crippen LogP contribution < -0.4 is 4.74 Å². The molecule has 0 fully saturated rings. The molecule has 0 aliphatic heterocycles. The van der Waals surface area contributed by atoms with Crippen LogP contribution in [0.4, 0.5) is 13.2 Å². The fraction of sp³-hybridized carbons (Fsp3) is 0.304. The van der Waals surface area contributed by atoms with Gasteiger partial charge in [0.25, 0.3) is 0 Å². The van der Waals surface area contributed by atoms with Crippen LogP contribution in [0, 0.1) is 5.92 Å². The molecule has 0 aliphatic carbocycles. The Balaban J connectivity index is 2.28. The second kappa shape index (κ2) is 9.26. The maximum Gasteiger partial charge on any atom is 0.416 e. The molecule has 3 rings (SSSR count). The van der Waals surface area contributed by atoms with Gasteiger partial charge in [0.05, 0.1) is 36.1 Å². The number of fused-ring (bicyclic) bond motifs is 1. The third-order valence-corrected chi connectivity index (χ3v) is 5.19. The first kappa shape index (κ1) is 23.1. The summed E-state index contributed by atoms with van der Waals surface area (Å²) in [5.74, 6) is 0.280. The summed E-state index contributed by atoms with van der Waals surface area (Å²) >= 11 is 3.36. The summed E-state index contributed by atoms with van der Waals surface area (Å²) in [4.78, 5) is 17.3. The topological polar surface area (TPSA) is 48.4 Å². The Labute approximate surface area is 186 Å². The first-order valence-corrected chi connectivity index (χ1v) is 10.7. The molecule has 0 unspecified atom stereocenters. The van der Waals surface area contributed by atoms with Crippen molar-refractivity contribution in [3.63, 3.8) is 0 Å². The minimum Gasteiger partial charge on any atom is -0.493 e. The van der Waals surface area contributed by atoms with E-state index in [4.69, 9.17) is 9.47 Å². The van der Waals surface area contributed by atoms with Crippen molar-refractivity contribution in [1.82, 2.24) is 4.98 Å². The van der Waals surface area contributed by atoms with Gasteiger partial charge in [-0.05, 0) is 30.2 Å². The van der Waals surface area contributed by atoms with E-state index >= 15 is 0 Å². The number of aromatic nitrogens is 1. The summed E-state index contributed by atoms with van der Waals surface area (Å²) in [6.07, 6.45) is -4.50. The number of benzene rings is 2. The SMILES string of the molecule is COC(=O)c1c(CBr)c(-c2cccc(C(F)(F)F)c2)nc2cc(OCC(C)C)ccc12. The summed E-state index contributed by atoms with van der Waals surface area (Å²) in [6, 6.07) is 10.0. The number of esters is 1. The van der Waals surface area contributed by atoms with Crippen LogP contribution in [0.3, 0.4) is 0 Å². The van der Waals surface area contributed by atoms with Gasteiger partial charge in [0, 0.05) is 27.9 Å². The molecule has 31 heavy (non-hydrogen) atoms. The second-order valence-corrected chi connectivity index (χ2v) is 7.96. The highest BCUT2D eigenvalue weighted by molar-refractivity contribution is 9.08. The monoisotopic (exact) mass is 495 g/mol. The Morgan fingerprint density at radius 2 is 1.90 bits per heavy atom. The zero-order valence-corrected chi connectivity index (χ0v) is 18.8. The summed E-state index contributed by atoms with van der Waals surface area (Å²) in [5.41, 5.74) is 0.878. The first-order chi connectivity index (χ1) is 14.7. The minimum atomic E-state index is -4.50. The van der Waals surface area contributed by atoms with E-state index in [-0.39, 0.29) is 22.2 Å².